The molecule has 96 valence electrons. The molecule has 0 heterocycles. The molecule has 0 unspecified atom stereocenters. The number of hydrogen-bond donors (Lipinski definition) is 0. The fourth-order valence-corrected chi connectivity index (χ4v) is 1.82. The largest absolute Gasteiger partial charge is 0.423 e. The molecular weight excluding hydrogens is 236 g/mol. The van der Waals surface area contributed by atoms with Crippen molar-refractivity contribution in [1.29, 1.82) is 0 Å². The molecule has 0 spiro atoms. The topological polar surface area (TPSA) is 26.3 Å². The van der Waals surface area contributed by atoms with Crippen LogP contribution in [-0.2, 0) is 4.79 Å². The fraction of sp³-hybridized carbons (Fsp3) is 0.118. The number of carbonyl (C=O) groups is 1. The molecule has 0 aromatic heterocycles. The number of hydrogen-bond acceptors (Lipinski definition) is 2. The van der Waals surface area contributed by atoms with Gasteiger partial charge in [0.05, 0.1) is 0 Å². The summed E-state index contributed by atoms with van der Waals surface area (Å²) in [4.78, 5) is 11.8. The van der Waals surface area contributed by atoms with Crippen molar-refractivity contribution in [2.45, 2.75) is 13.8 Å². The molecule has 0 radical (unpaired) electrons. The molecule has 2 nitrogen and oxygen atoms in total. The Labute approximate surface area is 113 Å². The molecule has 0 N–H and O–H groups in total. The van der Waals surface area contributed by atoms with Crippen molar-refractivity contribution in [3.63, 3.8) is 0 Å². The Morgan fingerprint density at radius 1 is 0.947 bits per heavy atom. The summed E-state index contributed by atoms with van der Waals surface area (Å²) in [6.07, 6.45) is 3.19. The lowest BCUT2D eigenvalue weighted by molar-refractivity contribution is -0.129. The highest BCUT2D eigenvalue weighted by Crippen LogP contribution is 2.22. The van der Waals surface area contributed by atoms with Gasteiger partial charge in [0.1, 0.15) is 5.75 Å². The quantitative estimate of drug-likeness (QED) is 0.470. The van der Waals surface area contributed by atoms with Crippen molar-refractivity contribution >= 4 is 12.0 Å². The smallest absolute Gasteiger partial charge is 0.336 e. The fourth-order valence-electron chi connectivity index (χ4n) is 1.82. The second-order valence-corrected chi connectivity index (χ2v) is 4.39. The van der Waals surface area contributed by atoms with E-state index in [0.717, 1.165) is 16.7 Å². The summed E-state index contributed by atoms with van der Waals surface area (Å²) in [6, 6.07) is 15.5. The van der Waals surface area contributed by atoms with E-state index in [-0.39, 0.29) is 5.97 Å². The van der Waals surface area contributed by atoms with E-state index in [1.807, 2.05) is 62.4 Å². The summed E-state index contributed by atoms with van der Waals surface area (Å²) in [6.45, 7) is 3.85. The van der Waals surface area contributed by atoms with E-state index >= 15 is 0 Å². The normalized spacial score (nSPS) is 10.6. The van der Waals surface area contributed by atoms with E-state index in [9.17, 15) is 4.79 Å². The number of rotatable bonds is 3. The first-order chi connectivity index (χ1) is 9.16. The first-order valence-electron chi connectivity index (χ1n) is 6.18. The lowest BCUT2D eigenvalue weighted by Gasteiger charge is -2.08. The standard InChI is InChI=1S/C17H16O2/c1-13-7-6-8-14(2)17(13)19-16(18)12-11-15-9-4-3-5-10-15/h3-12H,1-2H3. The van der Waals surface area contributed by atoms with Crippen molar-refractivity contribution in [2.75, 3.05) is 0 Å². The Balaban J connectivity index is 2.08. The van der Waals surface area contributed by atoms with E-state index in [0.29, 0.717) is 5.75 Å². The summed E-state index contributed by atoms with van der Waals surface area (Å²) in [5.74, 6) is 0.284. The van der Waals surface area contributed by atoms with Gasteiger partial charge in [0.15, 0.2) is 0 Å². The summed E-state index contributed by atoms with van der Waals surface area (Å²) in [7, 11) is 0. The van der Waals surface area contributed by atoms with E-state index in [1.54, 1.807) is 6.08 Å². The third kappa shape index (κ3) is 3.55. The average Bonchev–Trinajstić information content (AvgIpc) is 2.42. The molecule has 0 saturated carbocycles. The summed E-state index contributed by atoms with van der Waals surface area (Å²) < 4.78 is 5.37. The van der Waals surface area contributed by atoms with Gasteiger partial charge in [0.2, 0.25) is 0 Å². The van der Waals surface area contributed by atoms with E-state index < -0.39 is 0 Å². The minimum atomic E-state index is -0.360. The highest BCUT2D eigenvalue weighted by molar-refractivity contribution is 5.89. The maximum Gasteiger partial charge on any atom is 0.336 e. The number of ether oxygens (including phenoxy) is 1. The number of aryl methyl sites for hydroxylation is 2. The Morgan fingerprint density at radius 2 is 1.58 bits per heavy atom. The molecule has 2 heteroatoms. The first kappa shape index (κ1) is 13.1. The van der Waals surface area contributed by atoms with Crippen LogP contribution in [0.4, 0.5) is 0 Å². The van der Waals surface area contributed by atoms with Crippen LogP contribution >= 0.6 is 0 Å². The molecule has 2 rings (SSSR count). The SMILES string of the molecule is Cc1cccc(C)c1OC(=O)C=Cc1ccccc1. The van der Waals surface area contributed by atoms with E-state index in [4.69, 9.17) is 4.74 Å². The molecule has 2 aromatic rings. The van der Waals surface area contributed by atoms with Gasteiger partial charge in [0, 0.05) is 6.08 Å². The molecule has 0 amide bonds. The summed E-state index contributed by atoms with van der Waals surface area (Å²) in [5, 5.41) is 0. The van der Waals surface area contributed by atoms with Crippen LogP contribution in [0.5, 0.6) is 5.75 Å². The maximum absolute atomic E-state index is 11.8. The van der Waals surface area contributed by atoms with Crippen LogP contribution in [0.25, 0.3) is 6.08 Å². The van der Waals surface area contributed by atoms with Gasteiger partial charge in [-0.15, -0.1) is 0 Å². The Morgan fingerprint density at radius 3 is 2.21 bits per heavy atom. The van der Waals surface area contributed by atoms with E-state index in [2.05, 4.69) is 0 Å². The van der Waals surface area contributed by atoms with Gasteiger partial charge in [0.25, 0.3) is 0 Å². The Kier molecular flexibility index (Phi) is 4.14. The lowest BCUT2D eigenvalue weighted by atomic mass is 10.1. The van der Waals surface area contributed by atoms with E-state index in [1.165, 1.54) is 6.08 Å². The zero-order valence-electron chi connectivity index (χ0n) is 11.1. The van der Waals surface area contributed by atoms with Crippen LogP contribution in [0.2, 0.25) is 0 Å². The molecule has 2 aromatic carbocycles. The third-order valence-electron chi connectivity index (χ3n) is 2.82. The predicted molar refractivity (Wildman–Crippen MR) is 77.0 cm³/mol. The van der Waals surface area contributed by atoms with Crippen LogP contribution in [0, 0.1) is 13.8 Å². The number of carbonyl (C=O) groups excluding carboxylic acids is 1. The molecule has 0 aliphatic rings. The maximum atomic E-state index is 11.8. The molecule has 19 heavy (non-hydrogen) atoms. The molecule has 0 bridgehead atoms. The minimum absolute atomic E-state index is 0.360. The zero-order chi connectivity index (χ0) is 13.7. The second-order valence-electron chi connectivity index (χ2n) is 4.39. The summed E-state index contributed by atoms with van der Waals surface area (Å²) in [5.41, 5.74) is 2.89. The number of benzene rings is 2. The van der Waals surface area contributed by atoms with Gasteiger partial charge in [-0.1, -0.05) is 48.5 Å². The second kappa shape index (κ2) is 6.01. The summed E-state index contributed by atoms with van der Waals surface area (Å²) >= 11 is 0. The van der Waals surface area contributed by atoms with Gasteiger partial charge < -0.3 is 4.74 Å². The monoisotopic (exact) mass is 252 g/mol. The molecule has 0 saturated heterocycles. The van der Waals surface area contributed by atoms with Gasteiger partial charge in [-0.3, -0.25) is 0 Å². The molecule has 0 aliphatic heterocycles. The van der Waals surface area contributed by atoms with Crippen LogP contribution in [0.1, 0.15) is 16.7 Å². The molecule has 0 atom stereocenters. The van der Waals surface area contributed by atoms with Crippen molar-refractivity contribution in [2.24, 2.45) is 0 Å². The zero-order valence-corrected chi connectivity index (χ0v) is 11.1. The van der Waals surface area contributed by atoms with Gasteiger partial charge >= 0.3 is 5.97 Å². The highest BCUT2D eigenvalue weighted by atomic mass is 16.5. The predicted octanol–water partition coefficient (Wildman–Crippen LogP) is 3.92. The van der Waals surface area contributed by atoms with Gasteiger partial charge in [-0.2, -0.15) is 0 Å². The number of esters is 1. The van der Waals surface area contributed by atoms with Crippen molar-refractivity contribution in [1.82, 2.24) is 0 Å². The van der Waals surface area contributed by atoms with Gasteiger partial charge in [-0.05, 0) is 36.6 Å². The first-order valence-corrected chi connectivity index (χ1v) is 6.18. The van der Waals surface area contributed by atoms with Gasteiger partial charge in [-0.25, -0.2) is 4.79 Å². The van der Waals surface area contributed by atoms with Crippen molar-refractivity contribution in [3.8, 4) is 5.75 Å². The Bertz CT molecular complexity index is 578. The Hall–Kier alpha value is -2.35. The van der Waals surface area contributed by atoms with Crippen LogP contribution in [-0.4, -0.2) is 5.97 Å². The minimum Gasteiger partial charge on any atom is -0.423 e. The molecular formula is C17H16O2. The lowest BCUT2D eigenvalue weighted by Crippen LogP contribution is -2.06. The van der Waals surface area contributed by atoms with Crippen LogP contribution < -0.4 is 4.74 Å². The third-order valence-corrected chi connectivity index (χ3v) is 2.82. The average molecular weight is 252 g/mol. The van der Waals surface area contributed by atoms with Crippen LogP contribution in [0.3, 0.4) is 0 Å². The molecule has 0 aliphatic carbocycles. The van der Waals surface area contributed by atoms with Crippen molar-refractivity contribution in [3.05, 3.63) is 71.3 Å². The van der Waals surface area contributed by atoms with Crippen molar-refractivity contribution < 1.29 is 9.53 Å². The van der Waals surface area contributed by atoms with Crippen LogP contribution in [0.15, 0.2) is 54.6 Å². The highest BCUT2D eigenvalue weighted by Gasteiger charge is 2.06. The molecule has 0 fully saturated rings. The number of para-hydroxylation sites is 1.